The van der Waals surface area contributed by atoms with E-state index in [0.717, 1.165) is 11.1 Å². The van der Waals surface area contributed by atoms with E-state index in [1.165, 1.54) is 4.31 Å². The molecule has 27 heavy (non-hydrogen) atoms. The van der Waals surface area contributed by atoms with E-state index in [-0.39, 0.29) is 17.3 Å². The van der Waals surface area contributed by atoms with Crippen LogP contribution >= 0.6 is 23.2 Å². The number of amides is 1. The molecule has 8 heteroatoms. The number of sulfonamides is 1. The molecule has 1 atom stereocenters. The summed E-state index contributed by atoms with van der Waals surface area (Å²) in [5.41, 5.74) is 1.70. The summed E-state index contributed by atoms with van der Waals surface area (Å²) in [6, 6.07) is 11.0. The highest BCUT2D eigenvalue weighted by Gasteiger charge is 2.39. The minimum absolute atomic E-state index is 0.202. The van der Waals surface area contributed by atoms with Gasteiger partial charge in [-0.25, -0.2) is 8.42 Å². The molecule has 1 fully saturated rings. The largest absolute Gasteiger partial charge is 0.351 e. The molecule has 0 aromatic heterocycles. The van der Waals surface area contributed by atoms with Gasteiger partial charge >= 0.3 is 0 Å². The van der Waals surface area contributed by atoms with Gasteiger partial charge in [-0.2, -0.15) is 4.31 Å². The maximum atomic E-state index is 12.9. The average molecular weight is 427 g/mol. The van der Waals surface area contributed by atoms with Crippen molar-refractivity contribution in [2.75, 3.05) is 6.54 Å². The van der Waals surface area contributed by atoms with Gasteiger partial charge in [0.15, 0.2) is 0 Å². The molecule has 1 N–H and O–H groups in total. The molecule has 2 aromatic rings. The number of hydrogen-bond donors (Lipinski definition) is 1. The number of hydrogen-bond acceptors (Lipinski definition) is 3. The van der Waals surface area contributed by atoms with Gasteiger partial charge in [-0.15, -0.1) is 0 Å². The van der Waals surface area contributed by atoms with Crippen LogP contribution in [-0.2, 0) is 21.4 Å². The quantitative estimate of drug-likeness (QED) is 0.790. The minimum Gasteiger partial charge on any atom is -0.351 e. The summed E-state index contributed by atoms with van der Waals surface area (Å²) in [5.74, 6) is -0.325. The second-order valence-electron chi connectivity index (χ2n) is 6.54. The third-order valence-corrected chi connectivity index (χ3v) is 7.11. The van der Waals surface area contributed by atoms with E-state index in [2.05, 4.69) is 5.32 Å². The van der Waals surface area contributed by atoms with Gasteiger partial charge in [-0.1, -0.05) is 47.0 Å². The summed E-state index contributed by atoms with van der Waals surface area (Å²) in [5, 5.41) is 3.76. The third-order valence-electron chi connectivity index (χ3n) is 4.60. The van der Waals surface area contributed by atoms with Crippen LogP contribution in [0.5, 0.6) is 0 Å². The first-order valence-corrected chi connectivity index (χ1v) is 10.8. The summed E-state index contributed by atoms with van der Waals surface area (Å²) in [4.78, 5) is 12.9. The molecule has 5 nitrogen and oxygen atoms in total. The highest BCUT2D eigenvalue weighted by atomic mass is 35.5. The minimum atomic E-state index is -3.72. The topological polar surface area (TPSA) is 66.5 Å². The molecule has 1 saturated heterocycles. The molecule has 1 heterocycles. The van der Waals surface area contributed by atoms with Crippen LogP contribution in [0.15, 0.2) is 47.4 Å². The second kappa shape index (κ2) is 8.19. The van der Waals surface area contributed by atoms with E-state index in [1.54, 1.807) is 42.5 Å². The summed E-state index contributed by atoms with van der Waals surface area (Å²) >= 11 is 12.0. The second-order valence-corrected chi connectivity index (χ2v) is 9.27. The Morgan fingerprint density at radius 2 is 1.89 bits per heavy atom. The zero-order chi connectivity index (χ0) is 19.6. The molecule has 1 aliphatic rings. The number of carbonyl (C=O) groups excluding carboxylic acids is 1. The van der Waals surface area contributed by atoms with Gasteiger partial charge in [-0.3, -0.25) is 4.79 Å². The Kier molecular flexibility index (Phi) is 6.11. The first-order valence-electron chi connectivity index (χ1n) is 8.59. The molecule has 1 aliphatic heterocycles. The van der Waals surface area contributed by atoms with Crippen molar-refractivity contribution in [3.05, 3.63) is 63.6 Å². The van der Waals surface area contributed by atoms with Gasteiger partial charge in [0.2, 0.25) is 15.9 Å². The highest BCUT2D eigenvalue weighted by Crippen LogP contribution is 2.27. The van der Waals surface area contributed by atoms with Crippen LogP contribution in [0.1, 0.15) is 24.0 Å². The fourth-order valence-electron chi connectivity index (χ4n) is 3.10. The Balaban J connectivity index is 1.73. The lowest BCUT2D eigenvalue weighted by Crippen LogP contribution is -2.45. The van der Waals surface area contributed by atoms with Crippen molar-refractivity contribution >= 4 is 39.1 Å². The first kappa shape index (κ1) is 20.1. The molecule has 0 aliphatic carbocycles. The number of nitrogens with one attached hydrogen (secondary N) is 1. The third kappa shape index (κ3) is 4.46. The zero-order valence-corrected chi connectivity index (χ0v) is 17.1. The Morgan fingerprint density at radius 1 is 1.19 bits per heavy atom. The lowest BCUT2D eigenvalue weighted by Gasteiger charge is -2.23. The van der Waals surface area contributed by atoms with Crippen molar-refractivity contribution in [3.63, 3.8) is 0 Å². The predicted octanol–water partition coefficient (Wildman–Crippen LogP) is 3.77. The Morgan fingerprint density at radius 3 is 2.56 bits per heavy atom. The number of aryl methyl sites for hydroxylation is 1. The predicted molar refractivity (Wildman–Crippen MR) is 106 cm³/mol. The maximum Gasteiger partial charge on any atom is 0.243 e. The summed E-state index contributed by atoms with van der Waals surface area (Å²) < 4.78 is 27.2. The molecule has 0 saturated carbocycles. The van der Waals surface area contributed by atoms with E-state index in [9.17, 15) is 13.2 Å². The van der Waals surface area contributed by atoms with Gasteiger partial charge < -0.3 is 5.32 Å². The van der Waals surface area contributed by atoms with Crippen LogP contribution in [0.2, 0.25) is 10.0 Å². The summed E-state index contributed by atoms with van der Waals surface area (Å²) in [7, 11) is -3.72. The molecule has 144 valence electrons. The Bertz CT molecular complexity index is 946. The molecule has 0 radical (unpaired) electrons. The fourth-order valence-corrected chi connectivity index (χ4v) is 5.23. The Labute approximate surface area is 169 Å². The lowest BCUT2D eigenvalue weighted by molar-refractivity contribution is -0.124. The van der Waals surface area contributed by atoms with Crippen LogP contribution in [0.3, 0.4) is 0 Å². The molecule has 1 amide bonds. The normalized spacial score (nSPS) is 17.8. The number of carbonyl (C=O) groups is 1. The average Bonchev–Trinajstić information content (AvgIpc) is 3.12. The van der Waals surface area contributed by atoms with Gasteiger partial charge in [0.05, 0.1) is 4.90 Å². The summed E-state index contributed by atoms with van der Waals surface area (Å²) in [6.45, 7) is 2.43. The lowest BCUT2D eigenvalue weighted by atomic mass is 10.2. The van der Waals surface area contributed by atoms with Crippen LogP contribution < -0.4 is 5.32 Å². The van der Waals surface area contributed by atoms with E-state index in [4.69, 9.17) is 23.2 Å². The van der Waals surface area contributed by atoms with Gasteiger partial charge in [0, 0.05) is 23.1 Å². The van der Waals surface area contributed by atoms with Crippen molar-refractivity contribution in [1.29, 1.82) is 0 Å². The number of rotatable bonds is 5. The van der Waals surface area contributed by atoms with Crippen LogP contribution in [0.25, 0.3) is 0 Å². The molecule has 0 spiro atoms. The standard InChI is InChI=1S/C19H20Cl2N2O3S/c1-13-4-8-16(9-5-13)27(25,26)23-10-2-3-18(23)19(24)22-12-14-6-7-15(20)11-17(14)21/h4-9,11,18H,2-3,10,12H2,1H3,(H,22,24). The van der Waals surface area contributed by atoms with Gasteiger partial charge in [0.25, 0.3) is 0 Å². The molecular weight excluding hydrogens is 407 g/mol. The molecule has 3 rings (SSSR count). The van der Waals surface area contributed by atoms with Crippen LogP contribution in [0, 0.1) is 6.92 Å². The fraction of sp³-hybridized carbons (Fsp3) is 0.316. The number of benzene rings is 2. The van der Waals surface area contributed by atoms with Crippen molar-refractivity contribution in [3.8, 4) is 0 Å². The van der Waals surface area contributed by atoms with E-state index < -0.39 is 16.1 Å². The van der Waals surface area contributed by atoms with E-state index in [1.807, 2.05) is 6.92 Å². The molecule has 1 unspecified atom stereocenters. The van der Waals surface area contributed by atoms with Gasteiger partial charge in [0.1, 0.15) is 6.04 Å². The SMILES string of the molecule is Cc1ccc(S(=O)(=O)N2CCCC2C(=O)NCc2ccc(Cl)cc2Cl)cc1. The monoisotopic (exact) mass is 426 g/mol. The number of nitrogens with zero attached hydrogens (tertiary/aromatic N) is 1. The summed E-state index contributed by atoms with van der Waals surface area (Å²) in [6.07, 6.45) is 1.14. The molecule has 2 aromatic carbocycles. The molecule has 0 bridgehead atoms. The van der Waals surface area contributed by atoms with Crippen molar-refractivity contribution in [1.82, 2.24) is 9.62 Å². The van der Waals surface area contributed by atoms with Gasteiger partial charge in [-0.05, 0) is 49.6 Å². The van der Waals surface area contributed by atoms with E-state index >= 15 is 0 Å². The maximum absolute atomic E-state index is 12.9. The van der Waals surface area contributed by atoms with Crippen LogP contribution in [0.4, 0.5) is 0 Å². The first-order chi connectivity index (χ1) is 12.8. The Hall–Kier alpha value is -1.60. The zero-order valence-electron chi connectivity index (χ0n) is 14.8. The van der Waals surface area contributed by atoms with Crippen LogP contribution in [-0.4, -0.2) is 31.2 Å². The van der Waals surface area contributed by atoms with Crippen molar-refractivity contribution in [2.24, 2.45) is 0 Å². The number of halogens is 2. The van der Waals surface area contributed by atoms with E-state index in [0.29, 0.717) is 29.4 Å². The van der Waals surface area contributed by atoms with Crippen molar-refractivity contribution < 1.29 is 13.2 Å². The highest BCUT2D eigenvalue weighted by molar-refractivity contribution is 7.89. The molecular formula is C19H20Cl2N2O3S. The smallest absolute Gasteiger partial charge is 0.243 e. The van der Waals surface area contributed by atoms with Crippen molar-refractivity contribution in [2.45, 2.75) is 37.2 Å².